The zero-order valence-electron chi connectivity index (χ0n) is 8.34. The average molecular weight is 201 g/mol. The third-order valence-electron chi connectivity index (χ3n) is 2.05. The van der Waals surface area contributed by atoms with Crippen molar-refractivity contribution in [3.8, 4) is 0 Å². The van der Waals surface area contributed by atoms with Gasteiger partial charge in [0.2, 0.25) is 0 Å². The van der Waals surface area contributed by atoms with Gasteiger partial charge in [-0.1, -0.05) is 6.07 Å². The lowest BCUT2D eigenvalue weighted by Crippen LogP contribution is -2.18. The van der Waals surface area contributed by atoms with E-state index in [1.54, 1.807) is 25.5 Å². The molecular formula is C11H11N3O. The lowest BCUT2D eigenvalue weighted by molar-refractivity contribution is 0.863. The number of aromatic nitrogens is 2. The Morgan fingerprint density at radius 3 is 2.87 bits per heavy atom. The van der Waals surface area contributed by atoms with Crippen LogP contribution in [-0.2, 0) is 7.05 Å². The summed E-state index contributed by atoms with van der Waals surface area (Å²) in [5, 5.41) is 2.97. The summed E-state index contributed by atoms with van der Waals surface area (Å²) in [4.78, 5) is 15.7. The molecule has 0 saturated carbocycles. The topological polar surface area (TPSA) is 46.9 Å². The number of anilines is 2. The molecule has 2 aromatic heterocycles. The Morgan fingerprint density at radius 1 is 1.27 bits per heavy atom. The second-order valence-corrected chi connectivity index (χ2v) is 3.18. The SMILES string of the molecule is Cn1cccc(Nc2ccccn2)c1=O. The molecule has 0 unspecified atom stereocenters. The highest BCUT2D eigenvalue weighted by Gasteiger charge is 2.00. The maximum atomic E-state index is 11.6. The molecule has 4 nitrogen and oxygen atoms in total. The number of nitrogens with zero attached hydrogens (tertiary/aromatic N) is 2. The zero-order chi connectivity index (χ0) is 10.7. The molecule has 0 atom stereocenters. The maximum absolute atomic E-state index is 11.6. The van der Waals surface area contributed by atoms with Gasteiger partial charge in [-0.05, 0) is 24.3 Å². The molecule has 0 bridgehead atoms. The summed E-state index contributed by atoms with van der Waals surface area (Å²) >= 11 is 0. The smallest absolute Gasteiger partial charge is 0.274 e. The third-order valence-corrected chi connectivity index (χ3v) is 2.05. The van der Waals surface area contributed by atoms with Gasteiger partial charge in [-0.25, -0.2) is 4.98 Å². The summed E-state index contributed by atoms with van der Waals surface area (Å²) in [7, 11) is 1.71. The second kappa shape index (κ2) is 3.96. The van der Waals surface area contributed by atoms with E-state index < -0.39 is 0 Å². The lowest BCUT2D eigenvalue weighted by atomic mass is 10.4. The predicted octanol–water partition coefficient (Wildman–Crippen LogP) is 1.52. The quantitative estimate of drug-likeness (QED) is 0.801. The van der Waals surface area contributed by atoms with Gasteiger partial charge < -0.3 is 9.88 Å². The van der Waals surface area contributed by atoms with Crippen LogP contribution in [0, 0.1) is 0 Å². The Bertz CT molecular complexity index is 505. The van der Waals surface area contributed by atoms with Crippen molar-refractivity contribution in [3.05, 3.63) is 53.1 Å². The molecule has 0 aliphatic rings. The zero-order valence-corrected chi connectivity index (χ0v) is 8.34. The summed E-state index contributed by atoms with van der Waals surface area (Å²) in [6, 6.07) is 9.05. The van der Waals surface area contributed by atoms with Gasteiger partial charge in [-0.15, -0.1) is 0 Å². The minimum absolute atomic E-state index is 0.0665. The first-order valence-corrected chi connectivity index (χ1v) is 4.61. The molecule has 0 aromatic carbocycles. The van der Waals surface area contributed by atoms with Crippen molar-refractivity contribution in [1.82, 2.24) is 9.55 Å². The van der Waals surface area contributed by atoms with Crippen LogP contribution in [0.15, 0.2) is 47.5 Å². The van der Waals surface area contributed by atoms with E-state index in [-0.39, 0.29) is 5.56 Å². The summed E-state index contributed by atoms with van der Waals surface area (Å²) in [6.45, 7) is 0. The Hall–Kier alpha value is -2.10. The van der Waals surface area contributed by atoms with Crippen LogP contribution in [0.5, 0.6) is 0 Å². The van der Waals surface area contributed by atoms with Crippen LogP contribution in [0.25, 0.3) is 0 Å². The van der Waals surface area contributed by atoms with E-state index in [1.165, 1.54) is 4.57 Å². The van der Waals surface area contributed by atoms with Gasteiger partial charge >= 0.3 is 0 Å². The Kier molecular flexibility index (Phi) is 2.49. The molecule has 0 radical (unpaired) electrons. The summed E-state index contributed by atoms with van der Waals surface area (Å²) in [5.74, 6) is 0.667. The van der Waals surface area contributed by atoms with Gasteiger partial charge in [0.1, 0.15) is 11.5 Å². The van der Waals surface area contributed by atoms with Gasteiger partial charge in [0.15, 0.2) is 0 Å². The summed E-state index contributed by atoms with van der Waals surface area (Å²) < 4.78 is 1.52. The molecule has 2 aromatic rings. The fourth-order valence-electron chi connectivity index (χ4n) is 1.27. The first-order valence-electron chi connectivity index (χ1n) is 4.61. The minimum Gasteiger partial charge on any atom is -0.336 e. The largest absolute Gasteiger partial charge is 0.336 e. The maximum Gasteiger partial charge on any atom is 0.274 e. The number of nitrogens with one attached hydrogen (secondary N) is 1. The third kappa shape index (κ3) is 2.04. The molecule has 1 N–H and O–H groups in total. The molecule has 4 heteroatoms. The van der Waals surface area contributed by atoms with E-state index in [4.69, 9.17) is 0 Å². The van der Waals surface area contributed by atoms with E-state index in [2.05, 4.69) is 10.3 Å². The number of hydrogen-bond acceptors (Lipinski definition) is 3. The Balaban J connectivity index is 2.33. The monoisotopic (exact) mass is 201 g/mol. The van der Waals surface area contributed by atoms with E-state index in [0.717, 1.165) is 0 Å². The van der Waals surface area contributed by atoms with E-state index in [1.807, 2.05) is 24.3 Å². The molecule has 0 spiro atoms. The van der Waals surface area contributed by atoms with Crippen molar-refractivity contribution < 1.29 is 0 Å². The molecule has 15 heavy (non-hydrogen) atoms. The Morgan fingerprint density at radius 2 is 2.13 bits per heavy atom. The van der Waals surface area contributed by atoms with E-state index in [9.17, 15) is 4.79 Å². The van der Waals surface area contributed by atoms with Gasteiger partial charge in [-0.2, -0.15) is 0 Å². The number of hydrogen-bond donors (Lipinski definition) is 1. The van der Waals surface area contributed by atoms with Crippen molar-refractivity contribution in [2.24, 2.45) is 7.05 Å². The van der Waals surface area contributed by atoms with Crippen molar-refractivity contribution in [2.45, 2.75) is 0 Å². The number of pyridine rings is 2. The second-order valence-electron chi connectivity index (χ2n) is 3.18. The molecule has 0 aliphatic heterocycles. The van der Waals surface area contributed by atoms with Crippen LogP contribution in [0.3, 0.4) is 0 Å². The van der Waals surface area contributed by atoms with Gasteiger partial charge in [0.05, 0.1) is 0 Å². The van der Waals surface area contributed by atoms with Gasteiger partial charge in [0.25, 0.3) is 5.56 Å². The molecule has 0 saturated heterocycles. The van der Waals surface area contributed by atoms with Crippen LogP contribution < -0.4 is 10.9 Å². The van der Waals surface area contributed by atoms with Crippen LogP contribution in [0.1, 0.15) is 0 Å². The number of aryl methyl sites for hydroxylation is 1. The summed E-state index contributed by atoms with van der Waals surface area (Å²) in [6.07, 6.45) is 3.39. The molecule has 76 valence electrons. The van der Waals surface area contributed by atoms with Gasteiger partial charge in [0, 0.05) is 19.4 Å². The van der Waals surface area contributed by atoms with Crippen LogP contribution in [0.2, 0.25) is 0 Å². The predicted molar refractivity (Wildman–Crippen MR) is 59.2 cm³/mol. The first kappa shape index (κ1) is 9.45. The molecule has 0 amide bonds. The molecule has 2 rings (SSSR count). The fraction of sp³-hybridized carbons (Fsp3) is 0.0909. The van der Waals surface area contributed by atoms with Crippen molar-refractivity contribution in [3.63, 3.8) is 0 Å². The van der Waals surface area contributed by atoms with Crippen molar-refractivity contribution in [1.29, 1.82) is 0 Å². The van der Waals surface area contributed by atoms with E-state index in [0.29, 0.717) is 11.5 Å². The van der Waals surface area contributed by atoms with Crippen molar-refractivity contribution >= 4 is 11.5 Å². The molecule has 0 fully saturated rings. The lowest BCUT2D eigenvalue weighted by Gasteiger charge is -2.05. The fourth-order valence-corrected chi connectivity index (χ4v) is 1.27. The van der Waals surface area contributed by atoms with Crippen LogP contribution >= 0.6 is 0 Å². The minimum atomic E-state index is -0.0665. The highest BCUT2D eigenvalue weighted by Crippen LogP contribution is 2.07. The van der Waals surface area contributed by atoms with E-state index >= 15 is 0 Å². The molecule has 2 heterocycles. The first-order chi connectivity index (χ1) is 7.27. The molecule has 0 aliphatic carbocycles. The normalized spacial score (nSPS) is 9.93. The summed E-state index contributed by atoms with van der Waals surface area (Å²) in [5.41, 5.74) is 0.460. The van der Waals surface area contributed by atoms with Gasteiger partial charge in [-0.3, -0.25) is 4.79 Å². The van der Waals surface area contributed by atoms with Crippen LogP contribution in [0.4, 0.5) is 11.5 Å². The van der Waals surface area contributed by atoms with Crippen molar-refractivity contribution in [2.75, 3.05) is 5.32 Å². The molecular weight excluding hydrogens is 190 g/mol. The highest BCUT2D eigenvalue weighted by atomic mass is 16.1. The highest BCUT2D eigenvalue weighted by molar-refractivity contribution is 5.54. The van der Waals surface area contributed by atoms with Crippen LogP contribution in [-0.4, -0.2) is 9.55 Å². The Labute approximate surface area is 87.2 Å². The standard InChI is InChI=1S/C11H11N3O/c1-14-8-4-5-9(11(14)15)13-10-6-2-3-7-12-10/h2-8H,1H3,(H,12,13). The number of rotatable bonds is 2. The average Bonchev–Trinajstić information content (AvgIpc) is 2.26.